The fraction of sp³-hybridized carbons (Fsp3) is 0.579. The van der Waals surface area contributed by atoms with Crippen molar-refractivity contribution < 1.29 is 9.59 Å². The van der Waals surface area contributed by atoms with E-state index in [-0.39, 0.29) is 11.8 Å². The Balaban J connectivity index is 1.74. The van der Waals surface area contributed by atoms with Gasteiger partial charge in [-0.15, -0.1) is 0 Å². The van der Waals surface area contributed by atoms with Gasteiger partial charge in [0.15, 0.2) is 0 Å². The maximum absolute atomic E-state index is 12.1. The zero-order valence-electron chi connectivity index (χ0n) is 15.1. The van der Waals surface area contributed by atoms with E-state index in [9.17, 15) is 9.59 Å². The number of nitrogens with one attached hydrogen (secondary N) is 1. The average molecular weight is 381 g/mol. The highest BCUT2D eigenvalue weighted by molar-refractivity contribution is 8.77. The van der Waals surface area contributed by atoms with Crippen molar-refractivity contribution in [2.24, 2.45) is 0 Å². The third-order valence-electron chi connectivity index (χ3n) is 4.32. The average Bonchev–Trinajstić information content (AvgIpc) is 3.10. The molecule has 1 atom stereocenters. The molecule has 1 aliphatic rings. The van der Waals surface area contributed by atoms with Crippen LogP contribution in [-0.4, -0.2) is 34.3 Å². The second kappa shape index (κ2) is 10.8. The Morgan fingerprint density at radius 1 is 1.32 bits per heavy atom. The van der Waals surface area contributed by atoms with Crippen molar-refractivity contribution in [1.29, 1.82) is 0 Å². The summed E-state index contributed by atoms with van der Waals surface area (Å²) < 4.78 is 0. The molecular weight excluding hydrogens is 352 g/mol. The summed E-state index contributed by atoms with van der Waals surface area (Å²) in [5, 5.41) is 3.76. The molecule has 1 saturated heterocycles. The molecule has 138 valence electrons. The normalized spacial score (nSPS) is 16.6. The summed E-state index contributed by atoms with van der Waals surface area (Å²) in [4.78, 5) is 25.4. The zero-order valence-corrected chi connectivity index (χ0v) is 16.8. The van der Waals surface area contributed by atoms with Crippen LogP contribution in [-0.2, 0) is 16.1 Å². The van der Waals surface area contributed by atoms with Crippen molar-refractivity contribution in [3.8, 4) is 0 Å². The third-order valence-corrected chi connectivity index (χ3v) is 7.33. The first-order valence-electron chi connectivity index (χ1n) is 9.01. The van der Waals surface area contributed by atoms with Gasteiger partial charge in [0, 0.05) is 43.1 Å². The Morgan fingerprint density at radius 2 is 2.16 bits per heavy atom. The molecule has 0 aliphatic carbocycles. The van der Waals surface area contributed by atoms with E-state index in [1.807, 2.05) is 52.8 Å². The van der Waals surface area contributed by atoms with Gasteiger partial charge < -0.3 is 10.2 Å². The van der Waals surface area contributed by atoms with Crippen LogP contribution in [0.4, 0.5) is 5.69 Å². The van der Waals surface area contributed by atoms with Crippen LogP contribution in [0.5, 0.6) is 0 Å². The molecule has 1 N–H and O–H groups in total. The molecule has 0 bridgehead atoms. The minimum absolute atomic E-state index is 0.0655. The van der Waals surface area contributed by atoms with E-state index in [1.165, 1.54) is 18.6 Å². The molecule has 1 unspecified atom stereocenters. The molecule has 1 aromatic rings. The Kier molecular flexibility index (Phi) is 8.68. The van der Waals surface area contributed by atoms with Gasteiger partial charge in [-0.05, 0) is 43.9 Å². The molecule has 4 nitrogen and oxygen atoms in total. The second-order valence-corrected chi connectivity index (χ2v) is 9.14. The molecule has 2 amide bonds. The summed E-state index contributed by atoms with van der Waals surface area (Å²) in [5.41, 5.74) is 1.84. The Hall–Kier alpha value is -1.14. The van der Waals surface area contributed by atoms with Gasteiger partial charge in [-0.2, -0.15) is 0 Å². The lowest BCUT2D eigenvalue weighted by Crippen LogP contribution is -2.27. The first-order valence-corrected chi connectivity index (χ1v) is 11.4. The minimum Gasteiger partial charge on any atom is -0.339 e. The summed E-state index contributed by atoms with van der Waals surface area (Å²) in [6.07, 6.45) is 5.17. The van der Waals surface area contributed by atoms with Gasteiger partial charge in [0.25, 0.3) is 0 Å². The summed E-state index contributed by atoms with van der Waals surface area (Å²) in [5.74, 6) is 1.41. The predicted octanol–water partition coefficient (Wildman–Crippen LogP) is 4.71. The van der Waals surface area contributed by atoms with Gasteiger partial charge in [-0.3, -0.25) is 9.59 Å². The molecule has 25 heavy (non-hydrogen) atoms. The van der Waals surface area contributed by atoms with Crippen molar-refractivity contribution in [2.45, 2.75) is 57.7 Å². The van der Waals surface area contributed by atoms with Crippen molar-refractivity contribution in [1.82, 2.24) is 4.90 Å². The molecule has 2 rings (SSSR count). The molecule has 0 saturated carbocycles. The van der Waals surface area contributed by atoms with Crippen LogP contribution < -0.4 is 5.32 Å². The maximum Gasteiger partial charge on any atom is 0.224 e. The predicted molar refractivity (Wildman–Crippen MR) is 109 cm³/mol. The maximum atomic E-state index is 12.1. The van der Waals surface area contributed by atoms with Crippen LogP contribution in [0.3, 0.4) is 0 Å². The number of carbonyl (C=O) groups is 2. The monoisotopic (exact) mass is 380 g/mol. The van der Waals surface area contributed by atoms with Crippen molar-refractivity contribution in [2.75, 3.05) is 17.6 Å². The van der Waals surface area contributed by atoms with Gasteiger partial charge in [0.05, 0.1) is 0 Å². The molecule has 1 fully saturated rings. The van der Waals surface area contributed by atoms with E-state index < -0.39 is 0 Å². The quantitative estimate of drug-likeness (QED) is 0.498. The smallest absolute Gasteiger partial charge is 0.224 e. The van der Waals surface area contributed by atoms with Crippen LogP contribution in [0, 0.1) is 0 Å². The summed E-state index contributed by atoms with van der Waals surface area (Å²) in [6, 6.07) is 7.76. The Bertz CT molecular complexity index is 574. The number of carbonyl (C=O) groups excluding carboxylic acids is 2. The highest BCUT2D eigenvalue weighted by Gasteiger charge is 2.16. The number of hydrogen-bond donors (Lipinski definition) is 1. The number of benzene rings is 1. The van der Waals surface area contributed by atoms with Gasteiger partial charge in [-0.25, -0.2) is 0 Å². The molecule has 6 heteroatoms. The lowest BCUT2D eigenvalue weighted by molar-refractivity contribution is -0.129. The largest absolute Gasteiger partial charge is 0.339 e. The molecule has 0 spiro atoms. The van der Waals surface area contributed by atoms with E-state index >= 15 is 0 Å². The zero-order chi connectivity index (χ0) is 18.1. The molecule has 0 aromatic heterocycles. The first-order chi connectivity index (χ1) is 12.1. The topological polar surface area (TPSA) is 49.4 Å². The second-order valence-electron chi connectivity index (χ2n) is 6.36. The molecule has 1 aliphatic heterocycles. The highest BCUT2D eigenvalue weighted by atomic mass is 33.1. The highest BCUT2D eigenvalue weighted by Crippen LogP contribution is 2.39. The fourth-order valence-corrected chi connectivity index (χ4v) is 5.89. The van der Waals surface area contributed by atoms with Gasteiger partial charge >= 0.3 is 0 Å². The molecule has 1 aromatic carbocycles. The minimum atomic E-state index is 0.0655. The Labute approximate surface area is 158 Å². The number of hydrogen-bond acceptors (Lipinski definition) is 4. The number of unbranched alkanes of at least 4 members (excludes halogenated alkanes) is 1. The number of amides is 2. The number of anilines is 1. The first kappa shape index (κ1) is 20.2. The van der Waals surface area contributed by atoms with Gasteiger partial charge in [-0.1, -0.05) is 40.1 Å². The van der Waals surface area contributed by atoms with Crippen molar-refractivity contribution >= 4 is 39.1 Å². The van der Waals surface area contributed by atoms with Crippen LogP contribution in [0.1, 0.15) is 51.5 Å². The molecule has 1 heterocycles. The number of nitrogens with zero attached hydrogens (tertiary/aromatic N) is 1. The lowest BCUT2D eigenvalue weighted by Gasteiger charge is -2.19. The van der Waals surface area contributed by atoms with Crippen LogP contribution in [0.2, 0.25) is 0 Å². The van der Waals surface area contributed by atoms with E-state index in [2.05, 4.69) is 5.32 Å². The molecular formula is C19H28N2O2S2. The summed E-state index contributed by atoms with van der Waals surface area (Å²) in [7, 11) is 3.97. The van der Waals surface area contributed by atoms with Crippen molar-refractivity contribution in [3.05, 3.63) is 29.8 Å². The SMILES string of the molecule is CCN(Cc1cccc(NC(=O)CCCCC2CCSS2)c1)C(C)=O. The van der Waals surface area contributed by atoms with E-state index in [4.69, 9.17) is 0 Å². The fourth-order valence-electron chi connectivity index (χ4n) is 2.86. The van der Waals surface area contributed by atoms with E-state index in [0.717, 1.165) is 29.3 Å². The molecule has 0 radical (unpaired) electrons. The van der Waals surface area contributed by atoms with Crippen LogP contribution in [0.15, 0.2) is 24.3 Å². The standard InChI is InChI=1S/C19H28N2O2S2/c1-3-21(15(2)22)14-16-7-6-8-17(13-16)20-19(23)10-5-4-9-18-11-12-24-25-18/h6-8,13,18H,3-5,9-12,14H2,1-2H3,(H,20,23). The van der Waals surface area contributed by atoms with E-state index in [0.29, 0.717) is 19.5 Å². The summed E-state index contributed by atoms with van der Waals surface area (Å²) in [6.45, 7) is 4.81. The van der Waals surface area contributed by atoms with Gasteiger partial charge in [0.1, 0.15) is 0 Å². The van der Waals surface area contributed by atoms with Crippen LogP contribution in [0.25, 0.3) is 0 Å². The van der Waals surface area contributed by atoms with Gasteiger partial charge in [0.2, 0.25) is 11.8 Å². The third kappa shape index (κ3) is 7.32. The lowest BCUT2D eigenvalue weighted by atomic mass is 10.1. The van der Waals surface area contributed by atoms with E-state index in [1.54, 1.807) is 11.8 Å². The summed E-state index contributed by atoms with van der Waals surface area (Å²) >= 11 is 0. The van der Waals surface area contributed by atoms with Crippen LogP contribution >= 0.6 is 21.6 Å². The van der Waals surface area contributed by atoms with Crippen molar-refractivity contribution in [3.63, 3.8) is 0 Å². The number of rotatable bonds is 9. The Morgan fingerprint density at radius 3 is 2.84 bits per heavy atom.